The summed E-state index contributed by atoms with van der Waals surface area (Å²) in [6, 6.07) is 5.60. The topological polar surface area (TPSA) is 135 Å². The van der Waals surface area contributed by atoms with E-state index in [1.807, 2.05) is 0 Å². The van der Waals surface area contributed by atoms with Crippen molar-refractivity contribution in [1.29, 1.82) is 0 Å². The van der Waals surface area contributed by atoms with Crippen LogP contribution in [-0.2, 0) is 25.7 Å². The number of nitrogens with zero attached hydrogens (tertiary/aromatic N) is 1. The maximum absolute atomic E-state index is 13.1. The Labute approximate surface area is 207 Å². The van der Waals surface area contributed by atoms with Crippen molar-refractivity contribution in [2.75, 3.05) is 12.4 Å². The van der Waals surface area contributed by atoms with Gasteiger partial charge in [-0.1, -0.05) is 11.6 Å². The summed E-state index contributed by atoms with van der Waals surface area (Å²) in [5.41, 5.74) is 0.0476. The van der Waals surface area contributed by atoms with Crippen LogP contribution in [0.3, 0.4) is 0 Å². The summed E-state index contributed by atoms with van der Waals surface area (Å²) in [4.78, 5) is 49.2. The first-order chi connectivity index (χ1) is 16.7. The van der Waals surface area contributed by atoms with Crippen molar-refractivity contribution in [3.8, 4) is 5.75 Å². The van der Waals surface area contributed by atoms with Gasteiger partial charge in [0.2, 0.25) is 0 Å². The zero-order chi connectivity index (χ0) is 25.3. The molecule has 2 aromatic rings. The summed E-state index contributed by atoms with van der Waals surface area (Å²) in [7, 11) is 0. The minimum absolute atomic E-state index is 0.0783. The van der Waals surface area contributed by atoms with Gasteiger partial charge in [-0.05, 0) is 30.3 Å². The predicted octanol–water partition coefficient (Wildman–Crippen LogP) is 2.57. The minimum Gasteiger partial charge on any atom is -0.484 e. The lowest BCUT2D eigenvalue weighted by molar-refractivity contribution is -0.149. The molecule has 0 spiro atoms. The molecule has 1 fully saturated rings. The Morgan fingerprint density at radius 2 is 2.06 bits per heavy atom. The third kappa shape index (κ3) is 5.13. The lowest BCUT2D eigenvalue weighted by Crippen LogP contribution is -2.70. The van der Waals surface area contributed by atoms with Crippen molar-refractivity contribution in [3.05, 3.63) is 64.0 Å². The quantitative estimate of drug-likeness (QED) is 0.394. The monoisotopic (exact) mass is 524 g/mol. The summed E-state index contributed by atoms with van der Waals surface area (Å²) in [5.74, 6) is -3.02. The number of aliphatic carboxylic acids is 1. The fourth-order valence-corrected chi connectivity index (χ4v) is 5.06. The highest BCUT2D eigenvalue weighted by molar-refractivity contribution is 8.00. The minimum atomic E-state index is -1.33. The number of carboxylic acids is 1. The van der Waals surface area contributed by atoms with E-state index in [0.29, 0.717) is 5.57 Å². The molecule has 3 heterocycles. The average molecular weight is 525 g/mol. The number of amides is 2. The summed E-state index contributed by atoms with van der Waals surface area (Å²) in [6.45, 7) is 0.882. The van der Waals surface area contributed by atoms with E-state index < -0.39 is 41.0 Å². The van der Waals surface area contributed by atoms with Crippen LogP contribution in [-0.4, -0.2) is 57.5 Å². The summed E-state index contributed by atoms with van der Waals surface area (Å²) in [5, 5.41) is 11.6. The van der Waals surface area contributed by atoms with E-state index in [2.05, 4.69) is 5.32 Å². The normalized spacial score (nSPS) is 19.1. The second-order valence-corrected chi connectivity index (χ2v) is 9.04. The number of benzene rings is 1. The molecule has 1 aromatic heterocycles. The molecule has 0 bridgehead atoms. The molecule has 13 heteroatoms. The molecule has 2 unspecified atom stereocenters. The molecule has 1 aromatic carbocycles. The number of furan rings is 1. The highest BCUT2D eigenvalue weighted by Crippen LogP contribution is 2.40. The number of carbonyl (C=O) groups excluding carboxylic acids is 3. The first kappa shape index (κ1) is 24.6. The van der Waals surface area contributed by atoms with Crippen molar-refractivity contribution in [2.24, 2.45) is 0 Å². The van der Waals surface area contributed by atoms with Crippen LogP contribution >= 0.6 is 23.4 Å². The fraction of sp³-hybridized carbons (Fsp3) is 0.273. The maximum Gasteiger partial charge on any atom is 0.352 e. The number of ether oxygens (including phenoxy) is 2. The number of hydrogen-bond donors (Lipinski definition) is 2. The molecule has 10 nitrogen and oxygen atoms in total. The molecule has 1 saturated heterocycles. The molecular weight excluding hydrogens is 507 g/mol. The number of carbonyl (C=O) groups is 4. The van der Waals surface area contributed by atoms with Gasteiger partial charge in [0.05, 0.1) is 5.02 Å². The lowest BCUT2D eigenvalue weighted by Gasteiger charge is -2.49. The number of esters is 1. The Bertz CT molecular complexity index is 1250. The zero-order valence-electron chi connectivity index (χ0n) is 18.1. The van der Waals surface area contributed by atoms with Gasteiger partial charge in [-0.15, -0.1) is 11.8 Å². The van der Waals surface area contributed by atoms with Crippen LogP contribution in [0.2, 0.25) is 5.02 Å². The number of carboxylic acid groups (broad SMARTS) is 1. The molecule has 0 saturated carbocycles. The van der Waals surface area contributed by atoms with E-state index in [1.54, 1.807) is 0 Å². The predicted molar refractivity (Wildman–Crippen MR) is 120 cm³/mol. The first-order valence-electron chi connectivity index (χ1n) is 10.2. The molecule has 0 radical (unpaired) electrons. The lowest BCUT2D eigenvalue weighted by atomic mass is 10.0. The summed E-state index contributed by atoms with van der Waals surface area (Å²) < 4.78 is 29.0. The molecule has 0 aliphatic carbocycles. The number of β-lactam (4-membered cyclic amide) rings is 1. The highest BCUT2D eigenvalue weighted by atomic mass is 35.5. The molecule has 2 amide bonds. The third-order valence-corrected chi connectivity index (χ3v) is 6.77. The molecule has 35 heavy (non-hydrogen) atoms. The Balaban J connectivity index is 1.38. The molecule has 2 atom stereocenters. The molecule has 4 rings (SSSR count). The Morgan fingerprint density at radius 1 is 1.29 bits per heavy atom. The molecule has 2 N–H and O–H groups in total. The van der Waals surface area contributed by atoms with Gasteiger partial charge in [0.25, 0.3) is 11.8 Å². The Morgan fingerprint density at radius 3 is 2.74 bits per heavy atom. The number of thioether (sulfide) groups is 1. The Kier molecular flexibility index (Phi) is 7.03. The standard InChI is InChI=1S/C22H18ClFN2O8S/c1-10(27)32-7-11-9-35-21-17(20(29)26(21)18(11)22(30)31)25-19(28)16-5-3-13(34-16)8-33-15-4-2-12(24)6-14(15)23/h2-6,17,21H,7-9H2,1H3,(H,25,28)(H,30,31). The second kappa shape index (κ2) is 10.0. The maximum atomic E-state index is 13.1. The summed E-state index contributed by atoms with van der Waals surface area (Å²) in [6.07, 6.45) is 0. The molecule has 2 aliphatic heterocycles. The number of nitrogens with one attached hydrogen (secondary N) is 1. The second-order valence-electron chi connectivity index (χ2n) is 7.53. The van der Waals surface area contributed by atoms with Gasteiger partial charge in [-0.25, -0.2) is 9.18 Å². The van der Waals surface area contributed by atoms with Gasteiger partial charge in [-0.3, -0.25) is 19.3 Å². The fourth-order valence-electron chi connectivity index (χ4n) is 3.51. The smallest absolute Gasteiger partial charge is 0.352 e. The van der Waals surface area contributed by atoms with Gasteiger partial charge in [-0.2, -0.15) is 0 Å². The average Bonchev–Trinajstić information content (AvgIpc) is 3.28. The van der Waals surface area contributed by atoms with Gasteiger partial charge in [0.1, 0.15) is 47.7 Å². The molecule has 184 valence electrons. The van der Waals surface area contributed by atoms with Gasteiger partial charge >= 0.3 is 11.9 Å². The van der Waals surface area contributed by atoms with E-state index in [0.717, 1.165) is 11.0 Å². The molecular formula is C22H18ClFN2O8S. The third-order valence-electron chi connectivity index (χ3n) is 5.14. The number of rotatable bonds is 8. The van der Waals surface area contributed by atoms with Crippen molar-refractivity contribution in [2.45, 2.75) is 24.9 Å². The number of halogens is 2. The molecule has 2 aliphatic rings. The highest BCUT2D eigenvalue weighted by Gasteiger charge is 2.54. The van der Waals surface area contributed by atoms with Crippen LogP contribution in [0.5, 0.6) is 5.75 Å². The number of hydrogen-bond acceptors (Lipinski definition) is 8. The Hall–Kier alpha value is -3.51. The van der Waals surface area contributed by atoms with Gasteiger partial charge in [0.15, 0.2) is 5.76 Å². The van der Waals surface area contributed by atoms with Gasteiger partial charge < -0.3 is 24.3 Å². The first-order valence-corrected chi connectivity index (χ1v) is 11.6. The summed E-state index contributed by atoms with van der Waals surface area (Å²) >= 11 is 7.16. The van der Waals surface area contributed by atoms with E-state index in [4.69, 9.17) is 25.5 Å². The van der Waals surface area contributed by atoms with Crippen molar-refractivity contribution in [1.82, 2.24) is 10.2 Å². The van der Waals surface area contributed by atoms with Crippen LogP contribution < -0.4 is 10.1 Å². The van der Waals surface area contributed by atoms with E-state index in [9.17, 15) is 28.7 Å². The van der Waals surface area contributed by atoms with Crippen LogP contribution in [0.15, 0.2) is 46.0 Å². The van der Waals surface area contributed by atoms with E-state index in [-0.39, 0.29) is 47.0 Å². The van der Waals surface area contributed by atoms with Crippen molar-refractivity contribution >= 4 is 47.1 Å². The van der Waals surface area contributed by atoms with Crippen molar-refractivity contribution in [3.63, 3.8) is 0 Å². The van der Waals surface area contributed by atoms with Crippen molar-refractivity contribution < 1.29 is 42.6 Å². The van der Waals surface area contributed by atoms with E-state index >= 15 is 0 Å². The van der Waals surface area contributed by atoms with Crippen LogP contribution in [0, 0.1) is 5.82 Å². The van der Waals surface area contributed by atoms with Crippen LogP contribution in [0.25, 0.3) is 0 Å². The van der Waals surface area contributed by atoms with Crippen LogP contribution in [0.4, 0.5) is 4.39 Å². The van der Waals surface area contributed by atoms with Crippen LogP contribution in [0.1, 0.15) is 23.2 Å². The van der Waals surface area contributed by atoms with E-state index in [1.165, 1.54) is 43.0 Å². The van der Waals surface area contributed by atoms with Gasteiger partial charge in [0, 0.05) is 18.2 Å². The zero-order valence-corrected chi connectivity index (χ0v) is 19.7. The SMILES string of the molecule is CC(=O)OCC1=C(C(=O)O)N2C(=O)C(NC(=O)c3ccc(COc4ccc(F)cc4Cl)o3)C2SC1. The largest absolute Gasteiger partial charge is 0.484 e. The number of fused-ring (bicyclic) bond motifs is 1.